The molecule has 0 aliphatic rings. The molecule has 1 heterocycles. The molecular weight excluding hydrogens is 315 g/mol. The van der Waals surface area contributed by atoms with Crippen LogP contribution in [-0.4, -0.2) is 22.9 Å². The van der Waals surface area contributed by atoms with Gasteiger partial charge in [0, 0.05) is 12.5 Å². The summed E-state index contributed by atoms with van der Waals surface area (Å²) in [6.45, 7) is 0. The Morgan fingerprint density at radius 2 is 2.21 bits per heavy atom. The van der Waals surface area contributed by atoms with E-state index in [1.54, 1.807) is 12.1 Å². The number of benzene rings is 1. The zero-order valence-corrected chi connectivity index (χ0v) is 11.6. The van der Waals surface area contributed by atoms with Gasteiger partial charge in [-0.05, 0) is 27.6 Å². The van der Waals surface area contributed by atoms with Crippen LogP contribution < -0.4 is 4.74 Å². The van der Waals surface area contributed by atoms with Crippen LogP contribution in [0.2, 0.25) is 0 Å². The first-order valence-electron chi connectivity index (χ1n) is 5.44. The molecule has 0 saturated carbocycles. The van der Waals surface area contributed by atoms with Crippen LogP contribution in [0.1, 0.15) is 16.1 Å². The number of methoxy groups -OCH3 is 1. The maximum Gasteiger partial charge on any atom is 0.216 e. The number of hydrogen-bond donors (Lipinski definition) is 0. The Kier molecular flexibility index (Phi) is 4.21. The van der Waals surface area contributed by atoms with Gasteiger partial charge in [0.25, 0.3) is 0 Å². The zero-order valence-electron chi connectivity index (χ0n) is 10.1. The molecule has 0 aliphatic carbocycles. The SMILES string of the molecule is COc1cc(C(=O)Cc2cccc(F)c2Br)ncn1. The van der Waals surface area contributed by atoms with Crippen molar-refractivity contribution in [2.45, 2.75) is 6.42 Å². The summed E-state index contributed by atoms with van der Waals surface area (Å²) in [5, 5.41) is 0. The lowest BCUT2D eigenvalue weighted by atomic mass is 10.1. The minimum Gasteiger partial charge on any atom is -0.481 e. The van der Waals surface area contributed by atoms with Gasteiger partial charge >= 0.3 is 0 Å². The first-order chi connectivity index (χ1) is 9.11. The molecule has 0 atom stereocenters. The van der Waals surface area contributed by atoms with Gasteiger partial charge in [-0.1, -0.05) is 12.1 Å². The molecule has 0 aliphatic heterocycles. The second kappa shape index (κ2) is 5.88. The van der Waals surface area contributed by atoms with Crippen LogP contribution in [0.25, 0.3) is 0 Å². The largest absolute Gasteiger partial charge is 0.481 e. The first kappa shape index (κ1) is 13.6. The normalized spacial score (nSPS) is 10.3. The van der Waals surface area contributed by atoms with Gasteiger partial charge in [-0.3, -0.25) is 4.79 Å². The summed E-state index contributed by atoms with van der Waals surface area (Å²) in [4.78, 5) is 19.8. The van der Waals surface area contributed by atoms with Crippen molar-refractivity contribution in [1.82, 2.24) is 9.97 Å². The Hall–Kier alpha value is -1.82. The van der Waals surface area contributed by atoms with Crippen molar-refractivity contribution < 1.29 is 13.9 Å². The maximum atomic E-state index is 13.3. The molecule has 4 nitrogen and oxygen atoms in total. The highest BCUT2D eigenvalue weighted by Crippen LogP contribution is 2.22. The molecule has 0 N–H and O–H groups in total. The minimum atomic E-state index is -0.398. The summed E-state index contributed by atoms with van der Waals surface area (Å²) in [6.07, 6.45) is 1.31. The van der Waals surface area contributed by atoms with E-state index in [4.69, 9.17) is 4.74 Å². The number of carbonyl (C=O) groups is 1. The zero-order chi connectivity index (χ0) is 13.8. The Labute approximate surface area is 117 Å². The molecule has 0 unspecified atom stereocenters. The molecule has 1 aromatic carbocycles. The molecule has 0 bridgehead atoms. The summed E-state index contributed by atoms with van der Waals surface area (Å²) in [6, 6.07) is 6.02. The van der Waals surface area contributed by atoms with E-state index in [0.29, 0.717) is 15.9 Å². The van der Waals surface area contributed by atoms with E-state index in [1.807, 2.05) is 0 Å². The molecular formula is C13H10BrFN2O2. The number of ketones is 1. The van der Waals surface area contributed by atoms with E-state index in [-0.39, 0.29) is 17.9 Å². The number of ether oxygens (including phenoxy) is 1. The average Bonchev–Trinajstić information content (AvgIpc) is 2.44. The first-order valence-corrected chi connectivity index (χ1v) is 6.23. The Morgan fingerprint density at radius 1 is 1.42 bits per heavy atom. The Balaban J connectivity index is 2.23. The molecule has 0 fully saturated rings. The minimum absolute atomic E-state index is 0.0541. The van der Waals surface area contributed by atoms with Crippen LogP contribution in [0.3, 0.4) is 0 Å². The van der Waals surface area contributed by atoms with Gasteiger partial charge < -0.3 is 4.74 Å². The maximum absolute atomic E-state index is 13.3. The highest BCUT2D eigenvalue weighted by Gasteiger charge is 2.13. The van der Waals surface area contributed by atoms with Crippen molar-refractivity contribution in [3.63, 3.8) is 0 Å². The van der Waals surface area contributed by atoms with E-state index in [1.165, 1.54) is 25.6 Å². The fourth-order valence-corrected chi connectivity index (χ4v) is 1.96. The Bertz CT molecular complexity index is 619. The third-order valence-electron chi connectivity index (χ3n) is 2.52. The summed E-state index contributed by atoms with van der Waals surface area (Å²) in [5.74, 6) is -0.311. The molecule has 2 rings (SSSR count). The molecule has 1 aromatic heterocycles. The van der Waals surface area contributed by atoms with E-state index in [2.05, 4.69) is 25.9 Å². The van der Waals surface area contributed by atoms with Crippen molar-refractivity contribution in [2.24, 2.45) is 0 Å². The number of nitrogens with zero attached hydrogens (tertiary/aromatic N) is 2. The van der Waals surface area contributed by atoms with Gasteiger partial charge in [-0.2, -0.15) is 0 Å². The lowest BCUT2D eigenvalue weighted by Crippen LogP contribution is -2.07. The number of halogens is 2. The fourth-order valence-electron chi connectivity index (χ4n) is 1.55. The lowest BCUT2D eigenvalue weighted by molar-refractivity contribution is 0.0987. The predicted octanol–water partition coefficient (Wildman–Crippen LogP) is 2.81. The highest BCUT2D eigenvalue weighted by atomic mass is 79.9. The van der Waals surface area contributed by atoms with Gasteiger partial charge in [0.15, 0.2) is 5.78 Å². The molecule has 0 radical (unpaired) electrons. The van der Waals surface area contributed by atoms with E-state index < -0.39 is 5.82 Å². The van der Waals surface area contributed by atoms with Crippen molar-refractivity contribution in [3.8, 4) is 5.88 Å². The summed E-state index contributed by atoms with van der Waals surface area (Å²) in [7, 11) is 1.46. The van der Waals surface area contributed by atoms with Crippen LogP contribution in [0.15, 0.2) is 35.1 Å². The second-order valence-electron chi connectivity index (χ2n) is 3.76. The molecule has 6 heteroatoms. The summed E-state index contributed by atoms with van der Waals surface area (Å²) in [5.41, 5.74) is 0.811. The molecule has 98 valence electrons. The molecule has 0 saturated heterocycles. The number of rotatable bonds is 4. The highest BCUT2D eigenvalue weighted by molar-refractivity contribution is 9.10. The van der Waals surface area contributed by atoms with Crippen LogP contribution in [-0.2, 0) is 6.42 Å². The monoisotopic (exact) mass is 324 g/mol. The third-order valence-corrected chi connectivity index (χ3v) is 3.41. The van der Waals surface area contributed by atoms with Crippen molar-refractivity contribution in [2.75, 3.05) is 7.11 Å². The third kappa shape index (κ3) is 3.14. The van der Waals surface area contributed by atoms with Gasteiger partial charge in [0.2, 0.25) is 5.88 Å². The van der Waals surface area contributed by atoms with Crippen LogP contribution in [0.4, 0.5) is 4.39 Å². The van der Waals surface area contributed by atoms with Crippen LogP contribution in [0, 0.1) is 5.82 Å². The Morgan fingerprint density at radius 3 is 2.95 bits per heavy atom. The number of carbonyl (C=O) groups excluding carboxylic acids is 1. The topological polar surface area (TPSA) is 52.1 Å². The summed E-state index contributed by atoms with van der Waals surface area (Å²) >= 11 is 3.12. The van der Waals surface area contributed by atoms with E-state index in [9.17, 15) is 9.18 Å². The molecule has 0 amide bonds. The molecule has 19 heavy (non-hydrogen) atoms. The lowest BCUT2D eigenvalue weighted by Gasteiger charge is -2.05. The van der Waals surface area contributed by atoms with Crippen LogP contribution >= 0.6 is 15.9 Å². The van der Waals surface area contributed by atoms with E-state index >= 15 is 0 Å². The standard InChI is InChI=1S/C13H10BrFN2O2/c1-19-12-6-10(16-7-17-12)11(18)5-8-3-2-4-9(15)13(8)14/h2-4,6-7H,5H2,1H3. The number of hydrogen-bond acceptors (Lipinski definition) is 4. The smallest absolute Gasteiger partial charge is 0.216 e. The molecule has 0 spiro atoms. The number of aromatic nitrogens is 2. The second-order valence-corrected chi connectivity index (χ2v) is 4.55. The van der Waals surface area contributed by atoms with Crippen molar-refractivity contribution in [3.05, 3.63) is 52.1 Å². The van der Waals surface area contributed by atoms with Crippen molar-refractivity contribution in [1.29, 1.82) is 0 Å². The van der Waals surface area contributed by atoms with Gasteiger partial charge in [0.05, 0.1) is 11.6 Å². The van der Waals surface area contributed by atoms with E-state index in [0.717, 1.165) is 0 Å². The van der Waals surface area contributed by atoms with Crippen LogP contribution in [0.5, 0.6) is 5.88 Å². The number of Topliss-reactive ketones (excluding diaryl/α,β-unsaturated/α-hetero) is 1. The average molecular weight is 325 g/mol. The van der Waals surface area contributed by atoms with Gasteiger partial charge in [-0.15, -0.1) is 0 Å². The quantitative estimate of drug-likeness (QED) is 0.811. The van der Waals surface area contributed by atoms with Crippen molar-refractivity contribution >= 4 is 21.7 Å². The summed E-state index contributed by atoms with van der Waals surface area (Å²) < 4.78 is 18.6. The van der Waals surface area contributed by atoms with Gasteiger partial charge in [0.1, 0.15) is 17.8 Å². The molecule has 2 aromatic rings. The van der Waals surface area contributed by atoms with Gasteiger partial charge in [-0.25, -0.2) is 14.4 Å². The predicted molar refractivity (Wildman–Crippen MR) is 70.7 cm³/mol. The fraction of sp³-hybridized carbons (Fsp3) is 0.154.